The molecule has 0 N–H and O–H groups in total. The van der Waals surface area contributed by atoms with Crippen molar-refractivity contribution in [1.82, 2.24) is 4.90 Å². The molecule has 136 valence electrons. The van der Waals surface area contributed by atoms with Gasteiger partial charge in [-0.05, 0) is 24.6 Å². The van der Waals surface area contributed by atoms with Crippen molar-refractivity contribution in [2.24, 2.45) is 0 Å². The third-order valence-corrected chi connectivity index (χ3v) is 4.42. The lowest BCUT2D eigenvalue weighted by molar-refractivity contribution is -0.173. The second-order valence-electron chi connectivity index (χ2n) is 6.25. The van der Waals surface area contributed by atoms with Crippen molar-refractivity contribution in [3.63, 3.8) is 0 Å². The molecule has 0 bridgehead atoms. The van der Waals surface area contributed by atoms with E-state index in [2.05, 4.69) is 30.0 Å². The molecular formula is C18H24N2O5. The van der Waals surface area contributed by atoms with Gasteiger partial charge >= 0.3 is 5.97 Å². The number of ether oxygens (including phenoxy) is 3. The zero-order valence-corrected chi connectivity index (χ0v) is 14.5. The topological polar surface area (TPSA) is 68.3 Å². The van der Waals surface area contributed by atoms with E-state index in [1.54, 1.807) is 4.90 Å². The summed E-state index contributed by atoms with van der Waals surface area (Å²) >= 11 is 0. The molecule has 2 fully saturated rings. The molecule has 0 saturated carbocycles. The summed E-state index contributed by atoms with van der Waals surface area (Å²) in [6.07, 6.45) is -0.722. The summed E-state index contributed by atoms with van der Waals surface area (Å²) in [6, 6.07) is 8.33. The van der Waals surface area contributed by atoms with Crippen LogP contribution in [0.25, 0.3) is 0 Å². The molecule has 1 amide bonds. The molecule has 0 spiro atoms. The zero-order valence-electron chi connectivity index (χ0n) is 14.5. The van der Waals surface area contributed by atoms with Crippen LogP contribution in [-0.2, 0) is 23.8 Å². The molecule has 0 aliphatic carbocycles. The van der Waals surface area contributed by atoms with Crippen LogP contribution in [0.3, 0.4) is 0 Å². The summed E-state index contributed by atoms with van der Waals surface area (Å²) in [6.45, 7) is 5.62. The third kappa shape index (κ3) is 4.70. The van der Waals surface area contributed by atoms with Crippen LogP contribution in [0.1, 0.15) is 5.56 Å². The van der Waals surface area contributed by atoms with Crippen LogP contribution in [0.5, 0.6) is 0 Å². The quantitative estimate of drug-likeness (QED) is 0.743. The molecular weight excluding hydrogens is 324 g/mol. The molecule has 25 heavy (non-hydrogen) atoms. The average molecular weight is 348 g/mol. The predicted octanol–water partition coefficient (Wildman–Crippen LogP) is 0.602. The van der Waals surface area contributed by atoms with Crippen LogP contribution in [-0.4, -0.2) is 75.5 Å². The number of esters is 1. The lowest BCUT2D eigenvalue weighted by Crippen LogP contribution is -2.50. The summed E-state index contributed by atoms with van der Waals surface area (Å²) in [4.78, 5) is 28.1. The Morgan fingerprint density at radius 1 is 1.20 bits per heavy atom. The maximum Gasteiger partial charge on any atom is 0.338 e. The molecule has 1 aromatic rings. The van der Waals surface area contributed by atoms with Crippen molar-refractivity contribution in [2.45, 2.75) is 13.0 Å². The minimum atomic E-state index is -0.722. The summed E-state index contributed by atoms with van der Waals surface area (Å²) in [5, 5.41) is 0. The second kappa shape index (κ2) is 8.31. The lowest BCUT2D eigenvalue weighted by Gasteiger charge is -2.36. The van der Waals surface area contributed by atoms with E-state index in [4.69, 9.17) is 14.2 Å². The molecule has 2 heterocycles. The fourth-order valence-corrected chi connectivity index (χ4v) is 2.98. The first-order valence-electron chi connectivity index (χ1n) is 8.59. The molecule has 2 aliphatic heterocycles. The maximum absolute atomic E-state index is 12.2. The van der Waals surface area contributed by atoms with Crippen LogP contribution < -0.4 is 4.90 Å². The highest BCUT2D eigenvalue weighted by Gasteiger charge is 2.27. The number of anilines is 1. The first-order valence-corrected chi connectivity index (χ1v) is 8.59. The molecule has 0 radical (unpaired) electrons. The molecule has 2 aliphatic rings. The van der Waals surface area contributed by atoms with E-state index in [9.17, 15) is 9.59 Å². The molecule has 2 saturated heterocycles. The van der Waals surface area contributed by atoms with E-state index in [0.29, 0.717) is 26.3 Å². The lowest BCUT2D eigenvalue weighted by atomic mass is 10.2. The van der Waals surface area contributed by atoms with E-state index in [-0.39, 0.29) is 19.1 Å². The number of piperazine rings is 1. The number of hydrogen-bond donors (Lipinski definition) is 0. The van der Waals surface area contributed by atoms with E-state index in [1.807, 2.05) is 6.07 Å². The highest BCUT2D eigenvalue weighted by atomic mass is 16.6. The van der Waals surface area contributed by atoms with E-state index in [0.717, 1.165) is 13.1 Å². The van der Waals surface area contributed by atoms with Gasteiger partial charge in [-0.15, -0.1) is 0 Å². The van der Waals surface area contributed by atoms with Crippen molar-refractivity contribution >= 4 is 17.6 Å². The largest absolute Gasteiger partial charge is 0.454 e. The summed E-state index contributed by atoms with van der Waals surface area (Å²) in [7, 11) is 0. The number of nitrogens with zero attached hydrogens (tertiary/aromatic N) is 2. The van der Waals surface area contributed by atoms with Crippen molar-refractivity contribution in [3.05, 3.63) is 29.8 Å². The van der Waals surface area contributed by atoms with Gasteiger partial charge < -0.3 is 24.0 Å². The third-order valence-electron chi connectivity index (χ3n) is 4.42. The number of benzene rings is 1. The number of rotatable bonds is 4. The SMILES string of the molecule is Cc1cccc(N2CCN(C(=O)COC(=O)C3COCCO3)CC2)c1. The molecule has 1 aromatic carbocycles. The maximum atomic E-state index is 12.2. The average Bonchev–Trinajstić information content (AvgIpc) is 2.66. The predicted molar refractivity (Wildman–Crippen MR) is 91.5 cm³/mol. The van der Waals surface area contributed by atoms with Gasteiger partial charge in [0.2, 0.25) is 0 Å². The highest BCUT2D eigenvalue weighted by molar-refractivity contribution is 5.82. The fourth-order valence-electron chi connectivity index (χ4n) is 2.98. The summed E-state index contributed by atoms with van der Waals surface area (Å²) < 4.78 is 15.5. The van der Waals surface area contributed by atoms with Gasteiger partial charge in [0, 0.05) is 31.9 Å². The minimum Gasteiger partial charge on any atom is -0.454 e. The minimum absolute atomic E-state index is 0.172. The molecule has 1 atom stereocenters. The Hall–Kier alpha value is -2.12. The molecule has 3 rings (SSSR count). The summed E-state index contributed by atoms with van der Waals surface area (Å²) in [5.74, 6) is -0.708. The second-order valence-corrected chi connectivity index (χ2v) is 6.25. The number of carbonyl (C=O) groups is 2. The number of aryl methyl sites for hydroxylation is 1. The van der Waals surface area contributed by atoms with Gasteiger partial charge in [0.1, 0.15) is 0 Å². The van der Waals surface area contributed by atoms with Crippen molar-refractivity contribution in [1.29, 1.82) is 0 Å². The normalized spacial score (nSPS) is 21.1. The first kappa shape index (κ1) is 17.7. The van der Waals surface area contributed by atoms with Gasteiger partial charge in [0.05, 0.1) is 19.8 Å². The Kier molecular flexibility index (Phi) is 5.88. The van der Waals surface area contributed by atoms with Crippen molar-refractivity contribution in [2.75, 3.05) is 57.5 Å². The van der Waals surface area contributed by atoms with E-state index in [1.165, 1.54) is 11.3 Å². The van der Waals surface area contributed by atoms with Gasteiger partial charge in [-0.1, -0.05) is 12.1 Å². The molecule has 1 unspecified atom stereocenters. The number of amides is 1. The van der Waals surface area contributed by atoms with Gasteiger partial charge in [-0.2, -0.15) is 0 Å². The highest BCUT2D eigenvalue weighted by Crippen LogP contribution is 2.17. The summed E-state index contributed by atoms with van der Waals surface area (Å²) in [5.41, 5.74) is 2.39. The van der Waals surface area contributed by atoms with Crippen molar-refractivity contribution in [3.8, 4) is 0 Å². The monoisotopic (exact) mass is 348 g/mol. The number of carbonyl (C=O) groups excluding carboxylic acids is 2. The Morgan fingerprint density at radius 2 is 2.00 bits per heavy atom. The van der Waals surface area contributed by atoms with Crippen LogP contribution in [0.15, 0.2) is 24.3 Å². The Bertz CT molecular complexity index is 607. The van der Waals surface area contributed by atoms with Gasteiger partial charge in [-0.3, -0.25) is 4.79 Å². The van der Waals surface area contributed by atoms with Crippen LogP contribution in [0.2, 0.25) is 0 Å². The Morgan fingerprint density at radius 3 is 2.68 bits per heavy atom. The fraction of sp³-hybridized carbons (Fsp3) is 0.556. The smallest absolute Gasteiger partial charge is 0.338 e. The van der Waals surface area contributed by atoms with Crippen LogP contribution >= 0.6 is 0 Å². The number of hydrogen-bond acceptors (Lipinski definition) is 6. The van der Waals surface area contributed by atoms with Crippen LogP contribution in [0.4, 0.5) is 5.69 Å². The Labute approximate surface area is 147 Å². The Balaban J connectivity index is 1.43. The molecule has 7 nitrogen and oxygen atoms in total. The molecule has 7 heteroatoms. The van der Waals surface area contributed by atoms with Gasteiger partial charge in [-0.25, -0.2) is 4.79 Å². The molecule has 0 aromatic heterocycles. The van der Waals surface area contributed by atoms with E-state index >= 15 is 0 Å². The van der Waals surface area contributed by atoms with Crippen LogP contribution in [0, 0.1) is 6.92 Å². The van der Waals surface area contributed by atoms with Gasteiger partial charge in [0.25, 0.3) is 5.91 Å². The standard InChI is InChI=1S/C18H24N2O5/c1-14-3-2-4-15(11-14)19-5-7-20(8-6-19)17(21)13-25-18(22)16-12-23-9-10-24-16/h2-4,11,16H,5-10,12-13H2,1H3. The zero-order chi connectivity index (χ0) is 17.6. The van der Waals surface area contributed by atoms with E-state index < -0.39 is 12.1 Å². The van der Waals surface area contributed by atoms with Crippen molar-refractivity contribution < 1.29 is 23.8 Å². The van der Waals surface area contributed by atoms with Gasteiger partial charge in [0.15, 0.2) is 12.7 Å². The first-order chi connectivity index (χ1) is 12.1.